The number of amides is 1. The quantitative estimate of drug-likeness (QED) is 0.809. The van der Waals surface area contributed by atoms with Crippen LogP contribution in [0.15, 0.2) is 48.5 Å². The smallest absolute Gasteiger partial charge is 0.219 e. The number of ether oxygens (including phenoxy) is 1. The van der Waals surface area contributed by atoms with Crippen LogP contribution in [0.25, 0.3) is 0 Å². The van der Waals surface area contributed by atoms with Gasteiger partial charge in [0, 0.05) is 56.5 Å². The molecule has 0 aromatic heterocycles. The highest BCUT2D eigenvalue weighted by Gasteiger charge is 2.46. The van der Waals surface area contributed by atoms with Crippen LogP contribution in [-0.4, -0.2) is 48.5 Å². The van der Waals surface area contributed by atoms with E-state index in [1.165, 1.54) is 11.6 Å². The first-order chi connectivity index (χ1) is 13.6. The SMILES string of the molecule is COc1cccc([C@H]2CN(C(C)=O)[C@@H]3CCN(Cc4ccccc4F)C[C@H]23)c1. The lowest BCUT2D eigenvalue weighted by Crippen LogP contribution is -2.47. The summed E-state index contributed by atoms with van der Waals surface area (Å²) in [6.07, 6.45) is 0.930. The lowest BCUT2D eigenvalue weighted by atomic mass is 9.81. The van der Waals surface area contributed by atoms with E-state index in [2.05, 4.69) is 17.0 Å². The zero-order valence-electron chi connectivity index (χ0n) is 16.5. The lowest BCUT2D eigenvalue weighted by molar-refractivity contribution is -0.130. The molecule has 2 aromatic rings. The van der Waals surface area contributed by atoms with Crippen LogP contribution in [0.4, 0.5) is 4.39 Å². The Morgan fingerprint density at radius 1 is 1.18 bits per heavy atom. The van der Waals surface area contributed by atoms with Crippen LogP contribution in [0.3, 0.4) is 0 Å². The first kappa shape index (κ1) is 18.9. The van der Waals surface area contributed by atoms with Gasteiger partial charge in [0.1, 0.15) is 11.6 Å². The maximum Gasteiger partial charge on any atom is 0.219 e. The van der Waals surface area contributed by atoms with Gasteiger partial charge in [-0.15, -0.1) is 0 Å². The third-order valence-electron chi connectivity index (χ3n) is 6.29. The summed E-state index contributed by atoms with van der Waals surface area (Å²) in [6, 6.07) is 15.4. The Morgan fingerprint density at radius 3 is 2.75 bits per heavy atom. The number of piperidine rings is 1. The molecule has 3 atom stereocenters. The first-order valence-electron chi connectivity index (χ1n) is 9.93. The topological polar surface area (TPSA) is 32.8 Å². The summed E-state index contributed by atoms with van der Waals surface area (Å²) in [6.45, 7) is 4.76. The molecule has 4 nitrogen and oxygen atoms in total. The van der Waals surface area contributed by atoms with Crippen LogP contribution >= 0.6 is 0 Å². The predicted octanol–water partition coefficient (Wildman–Crippen LogP) is 3.67. The number of halogens is 1. The molecule has 0 aliphatic carbocycles. The standard InChI is InChI=1S/C23H27FN2O2/c1-16(27)26-15-20(17-7-5-8-19(12-17)28-2)21-14-25(11-10-23(21)26)13-18-6-3-4-9-22(18)24/h3-9,12,20-21,23H,10-11,13-15H2,1-2H3/t20-,21-,23-/m1/s1. The van der Waals surface area contributed by atoms with Crippen molar-refractivity contribution < 1.29 is 13.9 Å². The van der Waals surface area contributed by atoms with Crippen molar-refractivity contribution in [2.24, 2.45) is 5.92 Å². The van der Waals surface area contributed by atoms with Gasteiger partial charge in [0.15, 0.2) is 0 Å². The molecule has 0 saturated carbocycles. The molecule has 2 heterocycles. The molecule has 4 rings (SSSR count). The molecule has 0 N–H and O–H groups in total. The van der Waals surface area contributed by atoms with Gasteiger partial charge in [0.05, 0.1) is 7.11 Å². The van der Waals surface area contributed by atoms with Crippen LogP contribution < -0.4 is 4.74 Å². The van der Waals surface area contributed by atoms with Crippen LogP contribution in [-0.2, 0) is 11.3 Å². The van der Waals surface area contributed by atoms with Gasteiger partial charge in [0.2, 0.25) is 5.91 Å². The van der Waals surface area contributed by atoms with E-state index in [0.29, 0.717) is 12.5 Å². The van der Waals surface area contributed by atoms with E-state index in [-0.39, 0.29) is 23.7 Å². The number of carbonyl (C=O) groups excluding carboxylic acids is 1. The molecule has 2 aliphatic heterocycles. The second-order valence-corrected chi connectivity index (χ2v) is 7.90. The number of fused-ring (bicyclic) bond motifs is 1. The van der Waals surface area contributed by atoms with Crippen LogP contribution in [0.2, 0.25) is 0 Å². The van der Waals surface area contributed by atoms with Gasteiger partial charge in [-0.3, -0.25) is 9.69 Å². The summed E-state index contributed by atoms with van der Waals surface area (Å²) in [5.74, 6) is 1.45. The molecule has 0 unspecified atom stereocenters. The molecule has 1 amide bonds. The Balaban J connectivity index is 1.58. The van der Waals surface area contributed by atoms with Gasteiger partial charge in [0.25, 0.3) is 0 Å². The van der Waals surface area contributed by atoms with Gasteiger partial charge >= 0.3 is 0 Å². The zero-order chi connectivity index (χ0) is 19.7. The molecular weight excluding hydrogens is 355 g/mol. The molecule has 2 fully saturated rings. The fourth-order valence-corrected chi connectivity index (χ4v) is 4.90. The number of rotatable bonds is 4. The predicted molar refractivity (Wildman–Crippen MR) is 107 cm³/mol. The van der Waals surface area contributed by atoms with E-state index in [9.17, 15) is 9.18 Å². The van der Waals surface area contributed by atoms with Crippen molar-refractivity contribution in [2.45, 2.75) is 31.8 Å². The molecule has 5 heteroatoms. The highest BCUT2D eigenvalue weighted by molar-refractivity contribution is 5.74. The molecule has 0 radical (unpaired) electrons. The minimum Gasteiger partial charge on any atom is -0.497 e. The minimum atomic E-state index is -0.147. The van der Waals surface area contributed by atoms with Gasteiger partial charge in [-0.2, -0.15) is 0 Å². The summed E-state index contributed by atoms with van der Waals surface area (Å²) in [5.41, 5.74) is 1.95. The second-order valence-electron chi connectivity index (χ2n) is 7.90. The Morgan fingerprint density at radius 2 is 2.00 bits per heavy atom. The van der Waals surface area contributed by atoms with Gasteiger partial charge in [-0.25, -0.2) is 4.39 Å². The van der Waals surface area contributed by atoms with Crippen molar-refractivity contribution in [1.82, 2.24) is 9.80 Å². The number of nitrogens with zero attached hydrogens (tertiary/aromatic N) is 2. The fraction of sp³-hybridized carbons (Fsp3) is 0.435. The van der Waals surface area contributed by atoms with E-state index in [1.807, 2.05) is 29.2 Å². The summed E-state index contributed by atoms with van der Waals surface area (Å²) >= 11 is 0. The number of methoxy groups -OCH3 is 1. The van der Waals surface area contributed by atoms with E-state index in [4.69, 9.17) is 4.74 Å². The Hall–Kier alpha value is -2.40. The van der Waals surface area contributed by atoms with Crippen molar-refractivity contribution >= 4 is 5.91 Å². The Labute approximate surface area is 165 Å². The third kappa shape index (κ3) is 3.63. The number of likely N-dealkylation sites (tertiary alicyclic amines) is 2. The van der Waals surface area contributed by atoms with Crippen molar-refractivity contribution in [3.8, 4) is 5.75 Å². The van der Waals surface area contributed by atoms with E-state index >= 15 is 0 Å². The van der Waals surface area contributed by atoms with Crippen LogP contribution in [0.1, 0.15) is 30.4 Å². The van der Waals surface area contributed by atoms with Gasteiger partial charge in [-0.05, 0) is 30.2 Å². The maximum absolute atomic E-state index is 14.1. The molecule has 0 bridgehead atoms. The molecule has 2 aromatic carbocycles. The fourth-order valence-electron chi connectivity index (χ4n) is 4.90. The van der Waals surface area contributed by atoms with Crippen LogP contribution in [0, 0.1) is 11.7 Å². The molecule has 148 valence electrons. The Kier molecular flexibility index (Phi) is 5.36. The molecule has 2 saturated heterocycles. The lowest BCUT2D eigenvalue weighted by Gasteiger charge is -2.39. The van der Waals surface area contributed by atoms with Crippen LogP contribution in [0.5, 0.6) is 5.75 Å². The molecule has 2 aliphatic rings. The van der Waals surface area contributed by atoms with Crippen molar-refractivity contribution in [2.75, 3.05) is 26.7 Å². The maximum atomic E-state index is 14.1. The third-order valence-corrected chi connectivity index (χ3v) is 6.29. The number of benzene rings is 2. The Bertz CT molecular complexity index is 856. The second kappa shape index (κ2) is 7.92. The van der Waals surface area contributed by atoms with Crippen molar-refractivity contribution in [3.63, 3.8) is 0 Å². The summed E-state index contributed by atoms with van der Waals surface area (Å²) in [7, 11) is 1.68. The summed E-state index contributed by atoms with van der Waals surface area (Å²) in [5, 5.41) is 0. The number of hydrogen-bond acceptors (Lipinski definition) is 3. The van der Waals surface area contributed by atoms with E-state index < -0.39 is 0 Å². The normalized spacial score (nSPS) is 24.8. The average Bonchev–Trinajstić information content (AvgIpc) is 3.09. The average molecular weight is 382 g/mol. The zero-order valence-corrected chi connectivity index (χ0v) is 16.5. The van der Waals surface area contributed by atoms with Gasteiger partial charge in [-0.1, -0.05) is 30.3 Å². The molecular formula is C23H27FN2O2. The largest absolute Gasteiger partial charge is 0.497 e. The highest BCUT2D eigenvalue weighted by Crippen LogP contribution is 2.42. The first-order valence-corrected chi connectivity index (χ1v) is 9.93. The molecule has 28 heavy (non-hydrogen) atoms. The van der Waals surface area contributed by atoms with E-state index in [0.717, 1.165) is 37.4 Å². The van der Waals surface area contributed by atoms with E-state index in [1.54, 1.807) is 20.1 Å². The highest BCUT2D eigenvalue weighted by atomic mass is 19.1. The van der Waals surface area contributed by atoms with Gasteiger partial charge < -0.3 is 9.64 Å². The number of hydrogen-bond donors (Lipinski definition) is 0. The minimum absolute atomic E-state index is 0.142. The van der Waals surface area contributed by atoms with Crippen molar-refractivity contribution in [1.29, 1.82) is 0 Å². The number of carbonyl (C=O) groups is 1. The monoisotopic (exact) mass is 382 g/mol. The molecule has 0 spiro atoms. The summed E-state index contributed by atoms with van der Waals surface area (Å²) in [4.78, 5) is 16.6. The summed E-state index contributed by atoms with van der Waals surface area (Å²) < 4.78 is 19.5. The van der Waals surface area contributed by atoms with Crippen molar-refractivity contribution in [3.05, 3.63) is 65.5 Å².